The second-order valence-corrected chi connectivity index (χ2v) is 11.8. The predicted octanol–water partition coefficient (Wildman–Crippen LogP) is 7.38. The molecule has 4 nitrogen and oxygen atoms in total. The summed E-state index contributed by atoms with van der Waals surface area (Å²) in [6, 6.07) is 22.6. The summed E-state index contributed by atoms with van der Waals surface area (Å²) in [5, 5.41) is 6.12. The number of dihydropyridines is 1. The molecule has 2 aliphatic rings. The van der Waals surface area contributed by atoms with E-state index in [0.717, 1.165) is 19.0 Å². The Labute approximate surface area is 217 Å². The first-order valence-electron chi connectivity index (χ1n) is 12.5. The summed E-state index contributed by atoms with van der Waals surface area (Å²) >= 11 is 1.84. The number of allylic oxidation sites excluding steroid dienone is 2. The van der Waals surface area contributed by atoms with E-state index in [-0.39, 0.29) is 5.41 Å². The van der Waals surface area contributed by atoms with Crippen LogP contribution in [-0.2, 0) is 5.41 Å². The Hall–Kier alpha value is -3.57. The van der Waals surface area contributed by atoms with E-state index >= 15 is 0 Å². The Morgan fingerprint density at radius 2 is 1.69 bits per heavy atom. The van der Waals surface area contributed by atoms with Crippen LogP contribution in [0.2, 0.25) is 0 Å². The highest BCUT2D eigenvalue weighted by atomic mass is 32.2. The quantitative estimate of drug-likeness (QED) is 0.321. The van der Waals surface area contributed by atoms with Gasteiger partial charge in [0.2, 0.25) is 0 Å². The summed E-state index contributed by atoms with van der Waals surface area (Å²) in [7, 11) is 2.11. The number of nitrogens with zero attached hydrogens (tertiary/aromatic N) is 3. The maximum atomic E-state index is 3.56. The van der Waals surface area contributed by atoms with Crippen LogP contribution in [0.1, 0.15) is 26.3 Å². The molecule has 4 aromatic rings. The Kier molecular flexibility index (Phi) is 5.60. The Morgan fingerprint density at radius 3 is 2.44 bits per heavy atom. The number of hydrogen-bond donors (Lipinski definition) is 1. The lowest BCUT2D eigenvalue weighted by atomic mass is 9.87. The van der Waals surface area contributed by atoms with Gasteiger partial charge >= 0.3 is 0 Å². The van der Waals surface area contributed by atoms with Crippen molar-refractivity contribution < 1.29 is 0 Å². The minimum absolute atomic E-state index is 0.0731. The van der Waals surface area contributed by atoms with E-state index in [2.05, 4.69) is 139 Å². The molecular formula is C31H32N4S. The molecule has 5 heteroatoms. The molecule has 6 rings (SSSR count). The van der Waals surface area contributed by atoms with Gasteiger partial charge in [-0.05, 0) is 53.5 Å². The molecular weight excluding hydrogens is 460 g/mol. The van der Waals surface area contributed by atoms with Gasteiger partial charge in [-0.15, -0.1) is 0 Å². The van der Waals surface area contributed by atoms with Crippen LogP contribution in [0, 0.1) is 0 Å². The molecule has 182 valence electrons. The molecule has 0 saturated heterocycles. The molecule has 2 aliphatic heterocycles. The van der Waals surface area contributed by atoms with Crippen LogP contribution in [0.5, 0.6) is 0 Å². The zero-order valence-electron chi connectivity index (χ0n) is 21.3. The number of aromatic nitrogens is 1. The van der Waals surface area contributed by atoms with Crippen LogP contribution >= 0.6 is 11.8 Å². The molecule has 1 N–H and O–H groups in total. The highest BCUT2D eigenvalue weighted by molar-refractivity contribution is 7.99. The lowest BCUT2D eigenvalue weighted by Gasteiger charge is -2.25. The fourth-order valence-electron chi connectivity index (χ4n) is 4.95. The third kappa shape index (κ3) is 4.18. The first kappa shape index (κ1) is 22.9. The van der Waals surface area contributed by atoms with Crippen molar-refractivity contribution in [1.29, 1.82) is 0 Å². The zero-order valence-corrected chi connectivity index (χ0v) is 22.1. The van der Waals surface area contributed by atoms with Gasteiger partial charge in [-0.2, -0.15) is 0 Å². The average Bonchev–Trinajstić information content (AvgIpc) is 3.45. The van der Waals surface area contributed by atoms with Crippen molar-refractivity contribution in [2.24, 2.45) is 0 Å². The van der Waals surface area contributed by atoms with Gasteiger partial charge < -0.3 is 15.1 Å². The van der Waals surface area contributed by atoms with Gasteiger partial charge in [0.25, 0.3) is 0 Å². The molecule has 0 radical (unpaired) electrons. The van der Waals surface area contributed by atoms with Gasteiger partial charge in [-0.1, -0.05) is 69.0 Å². The van der Waals surface area contributed by atoms with Gasteiger partial charge in [0.15, 0.2) is 0 Å². The molecule has 3 heterocycles. The monoisotopic (exact) mass is 492 g/mol. The van der Waals surface area contributed by atoms with Gasteiger partial charge in [0.05, 0.1) is 17.7 Å². The highest BCUT2D eigenvalue weighted by Gasteiger charge is 2.20. The molecule has 0 saturated carbocycles. The van der Waals surface area contributed by atoms with Crippen molar-refractivity contribution in [2.75, 3.05) is 25.2 Å². The lowest BCUT2D eigenvalue weighted by molar-refractivity contribution is 0.495. The highest BCUT2D eigenvalue weighted by Crippen LogP contribution is 2.39. The molecule has 3 aromatic carbocycles. The second kappa shape index (κ2) is 8.82. The minimum atomic E-state index is 0.0731. The summed E-state index contributed by atoms with van der Waals surface area (Å²) in [4.78, 5) is 7.02. The first-order chi connectivity index (χ1) is 17.4. The Balaban J connectivity index is 1.45. The van der Waals surface area contributed by atoms with E-state index in [1.165, 1.54) is 42.8 Å². The van der Waals surface area contributed by atoms with Crippen molar-refractivity contribution >= 4 is 45.1 Å². The largest absolute Gasteiger partial charge is 0.368 e. The van der Waals surface area contributed by atoms with Crippen LogP contribution in [0.3, 0.4) is 0 Å². The zero-order chi connectivity index (χ0) is 24.9. The molecule has 1 aromatic heterocycles. The summed E-state index contributed by atoms with van der Waals surface area (Å²) in [6.45, 7) is 8.58. The van der Waals surface area contributed by atoms with Gasteiger partial charge in [-0.25, -0.2) is 0 Å². The van der Waals surface area contributed by atoms with Crippen molar-refractivity contribution in [3.8, 4) is 0 Å². The Morgan fingerprint density at radius 1 is 0.861 bits per heavy atom. The molecule has 0 atom stereocenters. The van der Waals surface area contributed by atoms with Crippen LogP contribution < -0.4 is 10.2 Å². The maximum absolute atomic E-state index is 3.56. The van der Waals surface area contributed by atoms with Gasteiger partial charge in [0.1, 0.15) is 5.82 Å². The van der Waals surface area contributed by atoms with Crippen LogP contribution in [-0.4, -0.2) is 29.7 Å². The Bertz CT molecular complexity index is 1550. The SMILES string of the molecule is CN1C=CN(c2cc(Sc3ccc4c5ccccc5n(C5=CC=CCN5)c4c3)cc(C(C)(C)C)c2)C1. The molecule has 0 aliphatic carbocycles. The number of rotatable bonds is 4. The van der Waals surface area contributed by atoms with Crippen LogP contribution in [0.15, 0.2) is 101 Å². The van der Waals surface area contributed by atoms with Crippen LogP contribution in [0.25, 0.3) is 27.6 Å². The number of nitrogens with one attached hydrogen (secondary N) is 1. The predicted molar refractivity (Wildman–Crippen MR) is 154 cm³/mol. The van der Waals surface area contributed by atoms with E-state index < -0.39 is 0 Å². The van der Waals surface area contributed by atoms with E-state index in [9.17, 15) is 0 Å². The molecule has 0 unspecified atom stereocenters. The fourth-order valence-corrected chi connectivity index (χ4v) is 5.89. The minimum Gasteiger partial charge on any atom is -0.368 e. The standard InChI is InChI=1S/C31H32N4S/c1-31(2,3)22-17-23(34-16-15-33(4)21-34)19-25(18-22)36-24-12-13-27-26-9-5-6-10-28(26)35(29(27)20-24)30-11-7-8-14-32-30/h5-13,15-20,32H,14,21H2,1-4H3. The molecule has 0 fully saturated rings. The van der Waals surface area contributed by atoms with Crippen molar-refractivity contribution in [2.45, 2.75) is 36.0 Å². The number of benzene rings is 3. The summed E-state index contributed by atoms with van der Waals surface area (Å²) in [5.41, 5.74) is 5.12. The number of fused-ring (bicyclic) bond motifs is 3. The third-order valence-electron chi connectivity index (χ3n) is 6.88. The van der Waals surface area contributed by atoms with Crippen molar-refractivity contribution in [3.63, 3.8) is 0 Å². The smallest absolute Gasteiger partial charge is 0.111 e. The summed E-state index contributed by atoms with van der Waals surface area (Å²) in [5.74, 6) is 1.12. The fraction of sp³-hybridized carbons (Fsp3) is 0.226. The number of para-hydroxylation sites is 1. The molecule has 0 spiro atoms. The van der Waals surface area contributed by atoms with E-state index in [0.29, 0.717) is 0 Å². The normalized spacial score (nSPS) is 15.7. The van der Waals surface area contributed by atoms with E-state index in [1.54, 1.807) is 0 Å². The van der Waals surface area contributed by atoms with Gasteiger partial charge in [-0.3, -0.25) is 4.57 Å². The van der Waals surface area contributed by atoms with Crippen molar-refractivity contribution in [1.82, 2.24) is 14.8 Å². The molecule has 36 heavy (non-hydrogen) atoms. The van der Waals surface area contributed by atoms with Crippen molar-refractivity contribution in [3.05, 3.63) is 96.9 Å². The topological polar surface area (TPSA) is 23.4 Å². The third-order valence-corrected chi connectivity index (χ3v) is 7.84. The van der Waals surface area contributed by atoms with E-state index in [4.69, 9.17) is 0 Å². The first-order valence-corrected chi connectivity index (χ1v) is 13.3. The van der Waals surface area contributed by atoms with Crippen LogP contribution in [0.4, 0.5) is 5.69 Å². The number of anilines is 1. The maximum Gasteiger partial charge on any atom is 0.111 e. The second-order valence-electron chi connectivity index (χ2n) is 10.6. The molecule has 0 amide bonds. The van der Waals surface area contributed by atoms with Gasteiger partial charge in [0, 0.05) is 52.2 Å². The van der Waals surface area contributed by atoms with E-state index in [1.807, 2.05) is 11.8 Å². The lowest BCUT2D eigenvalue weighted by Crippen LogP contribution is -2.22. The molecule has 0 bridgehead atoms. The number of hydrogen-bond acceptors (Lipinski definition) is 4. The summed E-state index contributed by atoms with van der Waals surface area (Å²) < 4.78 is 2.36. The average molecular weight is 493 g/mol. The summed E-state index contributed by atoms with van der Waals surface area (Å²) in [6.07, 6.45) is 10.7.